The molecule has 0 bridgehead atoms. The van der Waals surface area contributed by atoms with Gasteiger partial charge in [-0.05, 0) is 65.1 Å². The van der Waals surface area contributed by atoms with Crippen LogP contribution in [0.3, 0.4) is 0 Å². The van der Waals surface area contributed by atoms with Crippen molar-refractivity contribution in [2.75, 3.05) is 18.5 Å². The number of thiol groups is 1. The minimum absolute atomic E-state index is 0.334. The van der Waals surface area contributed by atoms with Gasteiger partial charge in [0.05, 0.1) is 0 Å². The molecule has 0 fully saturated rings. The molecule has 0 radical (unpaired) electrons. The van der Waals surface area contributed by atoms with Gasteiger partial charge in [-0.2, -0.15) is 12.6 Å². The minimum Gasteiger partial charge on any atom is -0.375 e. The monoisotopic (exact) mass is 410 g/mol. The fourth-order valence-electron chi connectivity index (χ4n) is 3.63. The maximum atomic E-state index is 4.37. The van der Waals surface area contributed by atoms with Gasteiger partial charge in [0.15, 0.2) is 0 Å². The Kier molecular flexibility index (Phi) is 8.70. The molecule has 1 heterocycles. The van der Waals surface area contributed by atoms with Crippen LogP contribution in [-0.4, -0.2) is 18.2 Å². The Hall–Kier alpha value is -1.87. The van der Waals surface area contributed by atoms with Gasteiger partial charge >= 0.3 is 0 Å². The summed E-state index contributed by atoms with van der Waals surface area (Å²) in [5.41, 5.74) is 5.64. The van der Waals surface area contributed by atoms with Crippen molar-refractivity contribution in [2.45, 2.75) is 59.8 Å². The van der Waals surface area contributed by atoms with E-state index in [4.69, 9.17) is 0 Å². The van der Waals surface area contributed by atoms with E-state index in [0.717, 1.165) is 31.7 Å². The van der Waals surface area contributed by atoms with Crippen LogP contribution < -0.4 is 4.90 Å². The zero-order chi connectivity index (χ0) is 21.4. The second kappa shape index (κ2) is 10.8. The highest BCUT2D eigenvalue weighted by atomic mass is 32.1. The van der Waals surface area contributed by atoms with Crippen molar-refractivity contribution >= 4 is 29.2 Å². The van der Waals surface area contributed by atoms with Crippen molar-refractivity contribution in [3.8, 4) is 0 Å². The van der Waals surface area contributed by atoms with Crippen LogP contribution in [0.2, 0.25) is 0 Å². The maximum Gasteiger partial charge on any atom is 0.0480 e. The summed E-state index contributed by atoms with van der Waals surface area (Å²) in [6, 6.07) is 17.9. The smallest absolute Gasteiger partial charge is 0.0480 e. The van der Waals surface area contributed by atoms with Crippen molar-refractivity contribution < 1.29 is 0 Å². The van der Waals surface area contributed by atoms with Crippen molar-refractivity contribution in [1.29, 1.82) is 0 Å². The summed E-state index contributed by atoms with van der Waals surface area (Å²) in [6.07, 6.45) is 4.44. The van der Waals surface area contributed by atoms with Gasteiger partial charge < -0.3 is 9.47 Å². The molecule has 0 aliphatic carbocycles. The number of rotatable bonds is 7. The molecule has 0 amide bonds. The molecule has 0 saturated heterocycles. The van der Waals surface area contributed by atoms with Crippen molar-refractivity contribution in [2.24, 2.45) is 5.41 Å². The average Bonchev–Trinajstić information content (AvgIpc) is 3.11. The molecule has 2 aromatic carbocycles. The Balaban J connectivity index is 0.00000145. The largest absolute Gasteiger partial charge is 0.375 e. The van der Waals surface area contributed by atoms with Gasteiger partial charge in [0.2, 0.25) is 0 Å². The predicted molar refractivity (Wildman–Crippen MR) is 133 cm³/mol. The van der Waals surface area contributed by atoms with E-state index < -0.39 is 0 Å². The van der Waals surface area contributed by atoms with Crippen LogP contribution in [0.5, 0.6) is 0 Å². The number of nitrogens with zero attached hydrogens (tertiary/aromatic N) is 2. The maximum absolute atomic E-state index is 4.37. The van der Waals surface area contributed by atoms with Crippen molar-refractivity contribution in [3.63, 3.8) is 0 Å². The lowest BCUT2D eigenvalue weighted by molar-refractivity contribution is 0.411. The summed E-state index contributed by atoms with van der Waals surface area (Å²) in [5, 5.41) is 1.31. The summed E-state index contributed by atoms with van der Waals surface area (Å²) in [6.45, 7) is 13.0. The Bertz CT molecular complexity index is 872. The fourth-order valence-corrected chi connectivity index (χ4v) is 3.83. The zero-order valence-electron chi connectivity index (χ0n) is 19.1. The lowest BCUT2D eigenvalue weighted by atomic mass is 9.88. The van der Waals surface area contributed by atoms with Gasteiger partial charge in [0.1, 0.15) is 0 Å². The zero-order valence-corrected chi connectivity index (χ0v) is 20.0. The molecule has 3 rings (SSSR count). The highest BCUT2D eigenvalue weighted by Crippen LogP contribution is 2.23. The van der Waals surface area contributed by atoms with Gasteiger partial charge in [-0.1, -0.05) is 52.8 Å². The molecule has 0 saturated carbocycles. The van der Waals surface area contributed by atoms with Gasteiger partial charge in [-0.15, -0.1) is 0 Å². The highest BCUT2D eigenvalue weighted by molar-refractivity contribution is 7.79. The Labute approximate surface area is 183 Å². The molecule has 0 aliphatic heterocycles. The molecule has 0 N–H and O–H groups in total. The van der Waals surface area contributed by atoms with Gasteiger partial charge in [0, 0.05) is 43.3 Å². The summed E-state index contributed by atoms with van der Waals surface area (Å²) in [7, 11) is 2.19. The number of anilines is 1. The number of hydrogen-bond donors (Lipinski definition) is 1. The fraction of sp³-hybridized carbons (Fsp3) is 0.462. The summed E-state index contributed by atoms with van der Waals surface area (Å²) in [5.74, 6) is 0.792. The van der Waals surface area contributed by atoms with Crippen molar-refractivity contribution in [1.82, 2.24) is 4.57 Å². The van der Waals surface area contributed by atoms with Crippen molar-refractivity contribution in [3.05, 3.63) is 65.9 Å². The van der Waals surface area contributed by atoms with Crippen LogP contribution >= 0.6 is 12.6 Å². The molecule has 2 nitrogen and oxygen atoms in total. The summed E-state index contributed by atoms with van der Waals surface area (Å²) < 4.78 is 2.36. The third kappa shape index (κ3) is 6.85. The quantitative estimate of drug-likeness (QED) is 0.404. The normalized spacial score (nSPS) is 11.3. The SMILES string of the molecule is CC.CN(CCCn1ccc2cc(CS)ccc21)c1ccc(CC(C)(C)C)cc1. The van der Waals surface area contributed by atoms with E-state index in [1.807, 2.05) is 13.8 Å². The first-order valence-electron chi connectivity index (χ1n) is 10.8. The molecular weight excluding hydrogens is 372 g/mol. The van der Waals surface area contributed by atoms with E-state index in [2.05, 4.69) is 105 Å². The number of aromatic nitrogens is 1. The van der Waals surface area contributed by atoms with Crippen LogP contribution in [0.25, 0.3) is 10.9 Å². The van der Waals surface area contributed by atoms with Crippen LogP contribution in [0.4, 0.5) is 5.69 Å². The predicted octanol–water partition coefficient (Wildman–Crippen LogP) is 7.21. The van der Waals surface area contributed by atoms with E-state index in [0.29, 0.717) is 5.41 Å². The van der Waals surface area contributed by atoms with E-state index in [1.165, 1.54) is 27.7 Å². The standard InChI is InChI=1S/C24H32N2S.C2H6/c1-24(2,3)17-19-6-9-22(10-7-19)25(4)13-5-14-26-15-12-21-16-20(18-27)8-11-23(21)26;1-2/h6-12,15-16,27H,5,13-14,17-18H2,1-4H3;1-2H3. The van der Waals surface area contributed by atoms with Crippen LogP contribution in [0, 0.1) is 5.41 Å². The molecule has 0 aliphatic rings. The topological polar surface area (TPSA) is 8.17 Å². The molecule has 158 valence electrons. The van der Waals surface area contributed by atoms with Gasteiger partial charge in [-0.3, -0.25) is 0 Å². The molecule has 3 aromatic rings. The van der Waals surface area contributed by atoms with E-state index in [1.54, 1.807) is 0 Å². The number of hydrogen-bond acceptors (Lipinski definition) is 2. The molecule has 0 atom stereocenters. The lowest BCUT2D eigenvalue weighted by Crippen LogP contribution is -2.20. The van der Waals surface area contributed by atoms with E-state index in [-0.39, 0.29) is 0 Å². The Morgan fingerprint density at radius 1 is 0.931 bits per heavy atom. The third-order valence-electron chi connectivity index (χ3n) is 5.02. The Morgan fingerprint density at radius 3 is 2.21 bits per heavy atom. The molecule has 1 aromatic heterocycles. The number of aryl methyl sites for hydroxylation is 1. The lowest BCUT2D eigenvalue weighted by Gasteiger charge is -2.21. The van der Waals surface area contributed by atoms with Gasteiger partial charge in [0.25, 0.3) is 0 Å². The summed E-state index contributed by atoms with van der Waals surface area (Å²) >= 11 is 4.37. The first kappa shape index (κ1) is 23.4. The third-order valence-corrected chi connectivity index (χ3v) is 5.39. The first-order valence-corrected chi connectivity index (χ1v) is 11.5. The molecule has 29 heavy (non-hydrogen) atoms. The molecule has 0 spiro atoms. The minimum atomic E-state index is 0.334. The average molecular weight is 411 g/mol. The molecule has 3 heteroatoms. The summed E-state index contributed by atoms with van der Waals surface area (Å²) in [4.78, 5) is 2.35. The second-order valence-electron chi connectivity index (χ2n) is 8.74. The van der Waals surface area contributed by atoms with Crippen LogP contribution in [0.1, 0.15) is 52.2 Å². The van der Waals surface area contributed by atoms with E-state index in [9.17, 15) is 0 Å². The van der Waals surface area contributed by atoms with Crippen LogP contribution in [0.15, 0.2) is 54.7 Å². The van der Waals surface area contributed by atoms with Crippen LogP contribution in [-0.2, 0) is 18.7 Å². The Morgan fingerprint density at radius 2 is 1.59 bits per heavy atom. The number of fused-ring (bicyclic) bond motifs is 1. The second-order valence-corrected chi connectivity index (χ2v) is 9.06. The highest BCUT2D eigenvalue weighted by Gasteiger charge is 2.11. The van der Waals surface area contributed by atoms with E-state index >= 15 is 0 Å². The van der Waals surface area contributed by atoms with Gasteiger partial charge in [-0.25, -0.2) is 0 Å². The molecular formula is C26H38N2S. The molecule has 0 unspecified atom stereocenters. The number of benzene rings is 2. The first-order chi connectivity index (χ1) is 13.9.